The Bertz CT molecular complexity index is 768. The third kappa shape index (κ3) is 4.45. The largest absolute Gasteiger partial charge is 0.348 e. The van der Waals surface area contributed by atoms with Crippen LogP contribution >= 0.6 is 15.9 Å². The van der Waals surface area contributed by atoms with Crippen LogP contribution in [0.1, 0.15) is 41.9 Å². The molecule has 1 saturated carbocycles. The van der Waals surface area contributed by atoms with Crippen LogP contribution in [-0.2, 0) is 4.79 Å². The second-order valence-electron chi connectivity index (χ2n) is 6.07. The lowest BCUT2D eigenvalue weighted by Gasteiger charge is -2.07. The fraction of sp³-hybridized carbons (Fsp3) is 0.412. The van der Waals surface area contributed by atoms with Crippen LogP contribution in [0.3, 0.4) is 0 Å². The molecule has 7 nitrogen and oxygen atoms in total. The van der Waals surface area contributed by atoms with Gasteiger partial charge < -0.3 is 10.6 Å². The van der Waals surface area contributed by atoms with Crippen molar-refractivity contribution in [2.45, 2.75) is 38.6 Å². The van der Waals surface area contributed by atoms with Crippen molar-refractivity contribution in [1.82, 2.24) is 20.3 Å². The van der Waals surface area contributed by atoms with Crippen molar-refractivity contribution in [1.29, 1.82) is 0 Å². The zero-order valence-electron chi connectivity index (χ0n) is 14.0. The Balaban J connectivity index is 1.68. The van der Waals surface area contributed by atoms with Crippen molar-refractivity contribution >= 4 is 33.4 Å². The van der Waals surface area contributed by atoms with E-state index in [-0.39, 0.29) is 17.9 Å². The molecule has 1 heterocycles. The van der Waals surface area contributed by atoms with Gasteiger partial charge in [0, 0.05) is 23.5 Å². The summed E-state index contributed by atoms with van der Waals surface area (Å²) < 4.78 is 1.62. The van der Waals surface area contributed by atoms with E-state index in [0.717, 1.165) is 36.0 Å². The second kappa shape index (κ2) is 7.77. The van der Waals surface area contributed by atoms with Crippen molar-refractivity contribution in [3.8, 4) is 5.69 Å². The number of benzene rings is 1. The standard InChI is InChI=1S/C17H20BrN5O2/c1-11-16(17(25)20-13-4-5-13)21-22-23(11)14-8-6-12(7-9-14)19-15(24)3-2-10-18/h6-9,13H,2-5,10H2,1H3,(H,19,24)(H,20,25). The van der Waals surface area contributed by atoms with E-state index in [0.29, 0.717) is 17.8 Å². The van der Waals surface area contributed by atoms with Gasteiger partial charge in [-0.25, -0.2) is 4.68 Å². The first-order valence-electron chi connectivity index (χ1n) is 8.28. The lowest BCUT2D eigenvalue weighted by molar-refractivity contribution is -0.116. The Morgan fingerprint density at radius 1 is 1.28 bits per heavy atom. The second-order valence-corrected chi connectivity index (χ2v) is 6.86. The first-order chi connectivity index (χ1) is 12.1. The molecule has 1 aliphatic rings. The molecule has 25 heavy (non-hydrogen) atoms. The summed E-state index contributed by atoms with van der Waals surface area (Å²) in [5.41, 5.74) is 2.55. The highest BCUT2D eigenvalue weighted by Crippen LogP contribution is 2.20. The van der Waals surface area contributed by atoms with Gasteiger partial charge in [-0.1, -0.05) is 21.1 Å². The summed E-state index contributed by atoms with van der Waals surface area (Å²) in [5, 5.41) is 14.7. The number of aromatic nitrogens is 3. The minimum Gasteiger partial charge on any atom is -0.348 e. The van der Waals surface area contributed by atoms with Crippen LogP contribution in [0.15, 0.2) is 24.3 Å². The molecule has 0 radical (unpaired) electrons. The Morgan fingerprint density at radius 3 is 2.64 bits per heavy atom. The van der Waals surface area contributed by atoms with E-state index >= 15 is 0 Å². The maximum absolute atomic E-state index is 12.1. The van der Waals surface area contributed by atoms with Crippen LogP contribution < -0.4 is 10.6 Å². The maximum atomic E-state index is 12.1. The number of nitrogens with one attached hydrogen (secondary N) is 2. The molecule has 0 spiro atoms. The highest BCUT2D eigenvalue weighted by molar-refractivity contribution is 9.09. The van der Waals surface area contributed by atoms with E-state index in [1.807, 2.05) is 31.2 Å². The predicted molar refractivity (Wildman–Crippen MR) is 98.2 cm³/mol. The summed E-state index contributed by atoms with van der Waals surface area (Å²) >= 11 is 3.31. The van der Waals surface area contributed by atoms with E-state index in [1.165, 1.54) is 0 Å². The lowest BCUT2D eigenvalue weighted by Crippen LogP contribution is -2.26. The van der Waals surface area contributed by atoms with Crippen LogP contribution in [0.5, 0.6) is 0 Å². The van der Waals surface area contributed by atoms with Gasteiger partial charge >= 0.3 is 0 Å². The molecular formula is C17H20BrN5O2. The first-order valence-corrected chi connectivity index (χ1v) is 9.40. The number of carbonyl (C=O) groups is 2. The summed E-state index contributed by atoms with van der Waals surface area (Å²) in [6, 6.07) is 7.58. The number of hydrogen-bond acceptors (Lipinski definition) is 4. The van der Waals surface area contributed by atoms with Gasteiger partial charge in [-0.2, -0.15) is 0 Å². The van der Waals surface area contributed by atoms with Gasteiger partial charge in [0.1, 0.15) is 0 Å². The van der Waals surface area contributed by atoms with Crippen LogP contribution in [0.25, 0.3) is 5.69 Å². The summed E-state index contributed by atoms with van der Waals surface area (Å²) in [5.74, 6) is -0.190. The van der Waals surface area contributed by atoms with E-state index < -0.39 is 0 Å². The molecule has 2 amide bonds. The molecule has 8 heteroatoms. The van der Waals surface area contributed by atoms with Crippen LogP contribution in [0.4, 0.5) is 5.69 Å². The van der Waals surface area contributed by atoms with E-state index in [2.05, 4.69) is 36.9 Å². The number of rotatable bonds is 7. The minimum atomic E-state index is -0.179. The molecule has 1 fully saturated rings. The summed E-state index contributed by atoms with van der Waals surface area (Å²) in [7, 11) is 0. The molecular weight excluding hydrogens is 386 g/mol. The molecule has 0 unspecified atom stereocenters. The van der Waals surface area contributed by atoms with Crippen LogP contribution in [0.2, 0.25) is 0 Å². The molecule has 1 aliphatic carbocycles. The Kier molecular flexibility index (Phi) is 5.47. The average Bonchev–Trinajstić information content (AvgIpc) is 3.33. The number of carbonyl (C=O) groups excluding carboxylic acids is 2. The number of nitrogens with zero attached hydrogens (tertiary/aromatic N) is 3. The van der Waals surface area contributed by atoms with Gasteiger partial charge in [0.15, 0.2) is 5.69 Å². The third-order valence-corrected chi connectivity index (χ3v) is 4.52. The molecule has 132 valence electrons. The van der Waals surface area contributed by atoms with Gasteiger partial charge in [-0.05, 0) is 50.5 Å². The first kappa shape index (κ1) is 17.6. The molecule has 3 rings (SSSR count). The lowest BCUT2D eigenvalue weighted by atomic mass is 10.2. The van der Waals surface area contributed by atoms with E-state index in [4.69, 9.17) is 0 Å². The van der Waals surface area contributed by atoms with E-state index in [1.54, 1.807) is 4.68 Å². The number of halogens is 1. The molecule has 0 aliphatic heterocycles. The van der Waals surface area contributed by atoms with Crippen molar-refractivity contribution in [3.05, 3.63) is 35.7 Å². The monoisotopic (exact) mass is 405 g/mol. The highest BCUT2D eigenvalue weighted by Gasteiger charge is 2.26. The Morgan fingerprint density at radius 2 is 2.00 bits per heavy atom. The van der Waals surface area contributed by atoms with Crippen molar-refractivity contribution < 1.29 is 9.59 Å². The summed E-state index contributed by atoms with van der Waals surface area (Å²) in [4.78, 5) is 23.9. The molecule has 1 aromatic carbocycles. The van der Waals surface area contributed by atoms with E-state index in [9.17, 15) is 9.59 Å². The van der Waals surface area contributed by atoms with Crippen LogP contribution in [-0.4, -0.2) is 38.2 Å². The van der Waals surface area contributed by atoms with Crippen LogP contribution in [0, 0.1) is 6.92 Å². The predicted octanol–water partition coefficient (Wildman–Crippen LogP) is 2.58. The highest BCUT2D eigenvalue weighted by atomic mass is 79.9. The summed E-state index contributed by atoms with van der Waals surface area (Å²) in [6.45, 7) is 1.82. The van der Waals surface area contributed by atoms with Crippen molar-refractivity contribution in [2.75, 3.05) is 10.6 Å². The number of anilines is 1. The van der Waals surface area contributed by atoms with Gasteiger partial charge in [0.25, 0.3) is 5.91 Å². The van der Waals surface area contributed by atoms with Crippen molar-refractivity contribution in [2.24, 2.45) is 0 Å². The molecule has 0 bridgehead atoms. The molecule has 2 aromatic rings. The van der Waals surface area contributed by atoms with Gasteiger partial charge in [0.05, 0.1) is 11.4 Å². The molecule has 2 N–H and O–H groups in total. The quantitative estimate of drug-likeness (QED) is 0.692. The fourth-order valence-electron chi connectivity index (χ4n) is 2.40. The maximum Gasteiger partial charge on any atom is 0.273 e. The number of alkyl halides is 1. The Labute approximate surface area is 154 Å². The number of amides is 2. The Hall–Kier alpha value is -2.22. The number of hydrogen-bond donors (Lipinski definition) is 2. The fourth-order valence-corrected chi connectivity index (χ4v) is 2.68. The topological polar surface area (TPSA) is 88.9 Å². The zero-order valence-corrected chi connectivity index (χ0v) is 15.5. The molecule has 0 saturated heterocycles. The SMILES string of the molecule is Cc1c(C(=O)NC2CC2)nnn1-c1ccc(NC(=O)CCCBr)cc1. The molecule has 1 aromatic heterocycles. The van der Waals surface area contributed by atoms with Gasteiger partial charge in [-0.15, -0.1) is 5.10 Å². The van der Waals surface area contributed by atoms with Crippen molar-refractivity contribution in [3.63, 3.8) is 0 Å². The van der Waals surface area contributed by atoms with Gasteiger partial charge in [0.2, 0.25) is 5.91 Å². The normalized spacial score (nSPS) is 13.5. The smallest absolute Gasteiger partial charge is 0.273 e. The molecule has 0 atom stereocenters. The zero-order chi connectivity index (χ0) is 17.8. The minimum absolute atomic E-state index is 0.0110. The summed E-state index contributed by atoms with van der Waals surface area (Å²) in [6.07, 6.45) is 3.34. The average molecular weight is 406 g/mol. The third-order valence-electron chi connectivity index (χ3n) is 3.96. The van der Waals surface area contributed by atoms with Gasteiger partial charge in [-0.3, -0.25) is 9.59 Å².